The van der Waals surface area contributed by atoms with Gasteiger partial charge in [0.15, 0.2) is 0 Å². The first-order chi connectivity index (χ1) is 11.4. The van der Waals surface area contributed by atoms with Gasteiger partial charge in [-0.3, -0.25) is 10.1 Å². The second-order valence-corrected chi connectivity index (χ2v) is 7.27. The van der Waals surface area contributed by atoms with Gasteiger partial charge >= 0.3 is 0 Å². The zero-order chi connectivity index (χ0) is 17.3. The number of ether oxygens (including phenoxy) is 1. The average Bonchev–Trinajstić information content (AvgIpc) is 2.55. The Labute approximate surface area is 139 Å². The summed E-state index contributed by atoms with van der Waals surface area (Å²) in [6.45, 7) is 1.97. The molecule has 0 spiro atoms. The fourth-order valence-electron chi connectivity index (χ4n) is 2.67. The molecule has 0 amide bonds. The van der Waals surface area contributed by atoms with E-state index < -0.39 is 21.0 Å². The lowest BCUT2D eigenvalue weighted by molar-refractivity contribution is -0.385. The van der Waals surface area contributed by atoms with Gasteiger partial charge in [0.25, 0.3) is 5.69 Å². The monoisotopic (exact) mass is 348 g/mol. The van der Waals surface area contributed by atoms with Gasteiger partial charge in [0, 0.05) is 23.6 Å². The van der Waals surface area contributed by atoms with Crippen LogP contribution < -0.4 is 9.46 Å². The molecule has 0 radical (unpaired) electrons. The Balaban J connectivity index is 1.93. The smallest absolute Gasteiger partial charge is 0.273 e. The lowest BCUT2D eigenvalue weighted by atomic mass is 10.0. The fourth-order valence-corrected chi connectivity index (χ4v) is 3.94. The third-order valence-electron chi connectivity index (χ3n) is 3.94. The van der Waals surface area contributed by atoms with Crippen molar-refractivity contribution in [1.29, 1.82) is 0 Å². The lowest BCUT2D eigenvalue weighted by Gasteiger charge is -2.26. The van der Waals surface area contributed by atoms with E-state index in [2.05, 4.69) is 4.72 Å². The van der Waals surface area contributed by atoms with Crippen LogP contribution in [0.1, 0.15) is 23.6 Å². The average molecular weight is 348 g/mol. The van der Waals surface area contributed by atoms with E-state index in [-0.39, 0.29) is 10.6 Å². The molecule has 1 heterocycles. The van der Waals surface area contributed by atoms with Crippen LogP contribution in [0.3, 0.4) is 0 Å². The molecule has 1 atom stereocenters. The van der Waals surface area contributed by atoms with Gasteiger partial charge in [0.1, 0.15) is 5.75 Å². The number of aryl methyl sites for hydroxylation is 1. The predicted octanol–water partition coefficient (Wildman–Crippen LogP) is 2.71. The van der Waals surface area contributed by atoms with Gasteiger partial charge < -0.3 is 4.74 Å². The molecule has 1 aliphatic heterocycles. The molecule has 0 saturated heterocycles. The number of fused-ring (bicyclic) bond motifs is 1. The number of rotatable bonds is 4. The molecule has 0 saturated carbocycles. The summed E-state index contributed by atoms with van der Waals surface area (Å²) in [5.74, 6) is 0.645. The van der Waals surface area contributed by atoms with Crippen LogP contribution in [0.5, 0.6) is 5.75 Å². The third kappa shape index (κ3) is 3.10. The summed E-state index contributed by atoms with van der Waals surface area (Å²) in [5.41, 5.74) is 0.953. The van der Waals surface area contributed by atoms with Crippen molar-refractivity contribution in [2.45, 2.75) is 24.3 Å². The molecule has 3 rings (SSSR count). The Morgan fingerprint density at radius 3 is 2.75 bits per heavy atom. The molecule has 8 heteroatoms. The molecule has 0 fully saturated rings. The van der Waals surface area contributed by atoms with Gasteiger partial charge in [-0.15, -0.1) is 0 Å². The van der Waals surface area contributed by atoms with Gasteiger partial charge in [-0.2, -0.15) is 0 Å². The second-order valence-electron chi connectivity index (χ2n) is 5.55. The number of para-hydroxylation sites is 1. The third-order valence-corrected chi connectivity index (χ3v) is 5.41. The van der Waals surface area contributed by atoms with Crippen LogP contribution in [0.15, 0.2) is 47.4 Å². The molecule has 0 bridgehead atoms. The number of nitrogens with zero attached hydrogens (tertiary/aromatic N) is 1. The standard InChI is InChI=1S/C16H16N2O5S/c1-11-6-7-12(10-15(11)18(19)20)24(21,22)17-14-8-9-23-16-5-3-2-4-13(14)16/h2-7,10,14,17H,8-9H2,1H3. The van der Waals surface area contributed by atoms with Crippen molar-refractivity contribution in [3.63, 3.8) is 0 Å². The quantitative estimate of drug-likeness (QED) is 0.676. The normalized spacial score (nSPS) is 17.0. The zero-order valence-corrected chi connectivity index (χ0v) is 13.7. The van der Waals surface area contributed by atoms with Crippen molar-refractivity contribution in [2.24, 2.45) is 0 Å². The molecule has 126 valence electrons. The minimum atomic E-state index is -3.89. The van der Waals surface area contributed by atoms with Crippen molar-refractivity contribution >= 4 is 15.7 Å². The molecule has 1 unspecified atom stereocenters. The molecular formula is C16H16N2O5S. The lowest BCUT2D eigenvalue weighted by Crippen LogP contribution is -2.32. The molecule has 2 aromatic carbocycles. The first-order valence-corrected chi connectivity index (χ1v) is 8.86. The molecule has 7 nitrogen and oxygen atoms in total. The number of nitro groups is 1. The van der Waals surface area contributed by atoms with Crippen molar-refractivity contribution in [1.82, 2.24) is 4.72 Å². The van der Waals surface area contributed by atoms with Gasteiger partial charge in [0.2, 0.25) is 10.0 Å². The first kappa shape index (κ1) is 16.4. The molecule has 1 aliphatic rings. The van der Waals surface area contributed by atoms with E-state index in [1.165, 1.54) is 12.1 Å². The summed E-state index contributed by atoms with van der Waals surface area (Å²) in [5, 5.41) is 11.0. The van der Waals surface area contributed by atoms with Gasteiger partial charge in [-0.05, 0) is 19.1 Å². The predicted molar refractivity (Wildman–Crippen MR) is 87.4 cm³/mol. The molecular weight excluding hydrogens is 332 g/mol. The maximum atomic E-state index is 12.6. The zero-order valence-electron chi connectivity index (χ0n) is 12.9. The number of hydrogen-bond acceptors (Lipinski definition) is 5. The van der Waals surface area contributed by atoms with Crippen molar-refractivity contribution < 1.29 is 18.1 Å². The van der Waals surface area contributed by atoms with E-state index in [4.69, 9.17) is 4.74 Å². The van der Waals surface area contributed by atoms with Crippen LogP contribution in [0.2, 0.25) is 0 Å². The van der Waals surface area contributed by atoms with Gasteiger partial charge in [-0.25, -0.2) is 13.1 Å². The number of hydrogen-bond donors (Lipinski definition) is 1. The van der Waals surface area contributed by atoms with Crippen LogP contribution in [0, 0.1) is 17.0 Å². The Morgan fingerprint density at radius 1 is 1.25 bits per heavy atom. The summed E-state index contributed by atoms with van der Waals surface area (Å²) < 4.78 is 33.4. The van der Waals surface area contributed by atoms with Crippen molar-refractivity contribution in [3.05, 3.63) is 63.7 Å². The maximum absolute atomic E-state index is 12.6. The molecule has 24 heavy (non-hydrogen) atoms. The maximum Gasteiger partial charge on any atom is 0.273 e. The van der Waals surface area contributed by atoms with E-state index >= 15 is 0 Å². The highest BCUT2D eigenvalue weighted by Gasteiger charge is 2.27. The highest BCUT2D eigenvalue weighted by atomic mass is 32.2. The second kappa shape index (κ2) is 6.21. The summed E-state index contributed by atoms with van der Waals surface area (Å²) in [4.78, 5) is 10.3. The van der Waals surface area contributed by atoms with E-state index in [0.29, 0.717) is 24.3 Å². The SMILES string of the molecule is Cc1ccc(S(=O)(=O)NC2CCOc3ccccc32)cc1[N+](=O)[O-]. The van der Waals surface area contributed by atoms with E-state index in [9.17, 15) is 18.5 Å². The van der Waals surface area contributed by atoms with Crippen LogP contribution in [0.4, 0.5) is 5.69 Å². The number of nitrogens with one attached hydrogen (secondary N) is 1. The van der Waals surface area contributed by atoms with Crippen LogP contribution in [-0.2, 0) is 10.0 Å². The largest absolute Gasteiger partial charge is 0.493 e. The van der Waals surface area contributed by atoms with Gasteiger partial charge in [-0.1, -0.05) is 24.3 Å². The van der Waals surface area contributed by atoms with Crippen molar-refractivity contribution in [2.75, 3.05) is 6.61 Å². The van der Waals surface area contributed by atoms with E-state index in [1.807, 2.05) is 12.1 Å². The Hall–Kier alpha value is -2.45. The minimum absolute atomic E-state index is 0.122. The molecule has 2 aromatic rings. The summed E-state index contributed by atoms with van der Waals surface area (Å²) in [7, 11) is -3.89. The van der Waals surface area contributed by atoms with Gasteiger partial charge in [0.05, 0.1) is 22.5 Å². The van der Waals surface area contributed by atoms with Crippen LogP contribution in [0.25, 0.3) is 0 Å². The minimum Gasteiger partial charge on any atom is -0.493 e. The summed E-state index contributed by atoms with van der Waals surface area (Å²) >= 11 is 0. The highest BCUT2D eigenvalue weighted by Crippen LogP contribution is 2.33. The van der Waals surface area contributed by atoms with Crippen molar-refractivity contribution in [3.8, 4) is 5.75 Å². The number of nitro benzene ring substituents is 1. The fraction of sp³-hybridized carbons (Fsp3) is 0.250. The Bertz CT molecular complexity index is 895. The molecule has 0 aliphatic carbocycles. The molecule has 0 aromatic heterocycles. The Morgan fingerprint density at radius 2 is 2.00 bits per heavy atom. The van der Waals surface area contributed by atoms with E-state index in [0.717, 1.165) is 11.6 Å². The Kier molecular flexibility index (Phi) is 4.25. The number of benzene rings is 2. The summed E-state index contributed by atoms with van der Waals surface area (Å²) in [6, 6.07) is 10.7. The topological polar surface area (TPSA) is 98.5 Å². The van der Waals surface area contributed by atoms with E-state index in [1.54, 1.807) is 19.1 Å². The first-order valence-electron chi connectivity index (χ1n) is 7.37. The molecule has 1 N–H and O–H groups in total. The highest BCUT2D eigenvalue weighted by molar-refractivity contribution is 7.89. The number of sulfonamides is 1. The summed E-state index contributed by atoms with van der Waals surface area (Å²) in [6.07, 6.45) is 0.490. The van der Waals surface area contributed by atoms with Crippen LogP contribution >= 0.6 is 0 Å². The van der Waals surface area contributed by atoms with Crippen LogP contribution in [-0.4, -0.2) is 19.9 Å².